The number of hydrogen-bond acceptors (Lipinski definition) is 11. The van der Waals surface area contributed by atoms with Crippen molar-refractivity contribution in [1.29, 1.82) is 0 Å². The summed E-state index contributed by atoms with van der Waals surface area (Å²) < 4.78 is 9.23. The molecule has 0 spiro atoms. The standard InChI is InChI=1S/C21H17N5O10/c1-35-20(33)8-3-4-9(21(34)36-2)10(5-8)25-26-15(19(31)32)16(28)24-13-6-11-12(7-14(13)27)23-18(30)17(29)22-11/h3-7,25,27H,1-2H3,(H,22,29)(H,23,30)(H,24,28)(H,31,32)/b26-15-. The molecule has 15 nitrogen and oxygen atoms in total. The predicted molar refractivity (Wildman–Crippen MR) is 123 cm³/mol. The van der Waals surface area contributed by atoms with Gasteiger partial charge in [-0.3, -0.25) is 19.8 Å². The van der Waals surface area contributed by atoms with Gasteiger partial charge in [0.15, 0.2) is 0 Å². The first kappa shape index (κ1) is 25.2. The first-order valence-electron chi connectivity index (χ1n) is 9.74. The molecule has 3 aromatic rings. The van der Waals surface area contributed by atoms with Gasteiger partial charge in [-0.25, -0.2) is 14.4 Å². The Kier molecular flexibility index (Phi) is 7.13. The first-order valence-corrected chi connectivity index (χ1v) is 9.74. The molecule has 186 valence electrons. The smallest absolute Gasteiger partial charge is 0.362 e. The average Bonchev–Trinajstić information content (AvgIpc) is 2.84. The fourth-order valence-corrected chi connectivity index (χ4v) is 2.92. The molecule has 1 heterocycles. The molecule has 1 aromatic heterocycles. The molecule has 36 heavy (non-hydrogen) atoms. The van der Waals surface area contributed by atoms with Gasteiger partial charge in [-0.15, -0.1) is 0 Å². The third-order valence-corrected chi connectivity index (χ3v) is 4.64. The second kappa shape index (κ2) is 10.2. The zero-order valence-corrected chi connectivity index (χ0v) is 18.5. The number of ether oxygens (including phenoxy) is 2. The van der Waals surface area contributed by atoms with Crippen LogP contribution in [0.4, 0.5) is 11.4 Å². The second-order valence-corrected chi connectivity index (χ2v) is 6.90. The molecule has 0 radical (unpaired) electrons. The van der Waals surface area contributed by atoms with E-state index < -0.39 is 46.4 Å². The number of anilines is 2. The van der Waals surface area contributed by atoms with Crippen LogP contribution < -0.4 is 21.9 Å². The number of aromatic nitrogens is 2. The molecule has 0 saturated carbocycles. The molecular weight excluding hydrogens is 482 g/mol. The summed E-state index contributed by atoms with van der Waals surface area (Å²) in [5.41, 5.74) is -1.38. The minimum Gasteiger partial charge on any atom is -0.506 e. The highest BCUT2D eigenvalue weighted by molar-refractivity contribution is 6.65. The van der Waals surface area contributed by atoms with Gasteiger partial charge < -0.3 is 35.0 Å². The van der Waals surface area contributed by atoms with Gasteiger partial charge in [0.05, 0.1) is 47.8 Å². The number of carboxylic acid groups (broad SMARTS) is 1. The summed E-state index contributed by atoms with van der Waals surface area (Å²) >= 11 is 0. The second-order valence-electron chi connectivity index (χ2n) is 6.90. The van der Waals surface area contributed by atoms with Gasteiger partial charge in [0.1, 0.15) is 5.75 Å². The lowest BCUT2D eigenvalue weighted by molar-refractivity contribution is -0.130. The third-order valence-electron chi connectivity index (χ3n) is 4.64. The molecule has 0 aliphatic rings. The number of benzene rings is 2. The van der Waals surface area contributed by atoms with Crippen LogP contribution in [0.3, 0.4) is 0 Å². The van der Waals surface area contributed by atoms with Crippen LogP contribution in [0.2, 0.25) is 0 Å². The van der Waals surface area contributed by atoms with Gasteiger partial charge in [0, 0.05) is 6.07 Å². The van der Waals surface area contributed by atoms with Gasteiger partial charge in [0.25, 0.3) is 5.91 Å². The molecule has 15 heteroatoms. The molecule has 6 N–H and O–H groups in total. The molecule has 0 atom stereocenters. The van der Waals surface area contributed by atoms with E-state index in [0.717, 1.165) is 32.4 Å². The van der Waals surface area contributed by atoms with Gasteiger partial charge in [0.2, 0.25) is 5.71 Å². The molecule has 0 aliphatic heterocycles. The summed E-state index contributed by atoms with van der Waals surface area (Å²) in [5.74, 6) is -5.27. The van der Waals surface area contributed by atoms with Crippen molar-refractivity contribution < 1.29 is 38.9 Å². The first-order chi connectivity index (χ1) is 17.0. The quantitative estimate of drug-likeness (QED) is 0.0632. The van der Waals surface area contributed by atoms with Crippen molar-refractivity contribution in [2.45, 2.75) is 0 Å². The Hall–Kier alpha value is -5.47. The zero-order valence-electron chi connectivity index (χ0n) is 18.5. The molecule has 0 fully saturated rings. The van der Waals surface area contributed by atoms with Crippen LogP contribution in [-0.2, 0) is 19.1 Å². The number of hydrogen-bond donors (Lipinski definition) is 6. The number of phenolic OH excluding ortho intramolecular Hbond substituents is 1. The minimum atomic E-state index is -1.79. The molecule has 2 aromatic carbocycles. The van der Waals surface area contributed by atoms with Crippen LogP contribution in [-0.4, -0.2) is 63.9 Å². The van der Waals surface area contributed by atoms with Crippen LogP contribution in [0.25, 0.3) is 11.0 Å². The Morgan fingerprint density at radius 2 is 1.50 bits per heavy atom. The summed E-state index contributed by atoms with van der Waals surface area (Å²) in [5, 5.41) is 25.3. The van der Waals surface area contributed by atoms with Crippen molar-refractivity contribution in [3.05, 3.63) is 62.2 Å². The molecular formula is C21H17N5O10. The summed E-state index contributed by atoms with van der Waals surface area (Å²) in [6.45, 7) is 0. The number of rotatable bonds is 7. The summed E-state index contributed by atoms with van der Waals surface area (Å²) in [6, 6.07) is 5.71. The molecule has 0 saturated heterocycles. The fraction of sp³-hybridized carbons (Fsp3) is 0.0952. The minimum absolute atomic E-state index is 0.0164. The number of aromatic hydroxyl groups is 1. The van der Waals surface area contributed by atoms with Crippen LogP contribution in [0, 0.1) is 0 Å². The molecule has 3 rings (SSSR count). The summed E-state index contributed by atoms with van der Waals surface area (Å²) in [6.07, 6.45) is 0. The lowest BCUT2D eigenvalue weighted by Crippen LogP contribution is -2.31. The highest BCUT2D eigenvalue weighted by Gasteiger charge is 2.23. The fourth-order valence-electron chi connectivity index (χ4n) is 2.92. The van der Waals surface area contributed by atoms with Gasteiger partial charge >= 0.3 is 29.0 Å². The van der Waals surface area contributed by atoms with E-state index in [2.05, 4.69) is 35.3 Å². The topological polar surface area (TPSA) is 229 Å². The largest absolute Gasteiger partial charge is 0.506 e. The number of fused-ring (bicyclic) bond motifs is 1. The average molecular weight is 499 g/mol. The Morgan fingerprint density at radius 3 is 2.08 bits per heavy atom. The van der Waals surface area contributed by atoms with Crippen molar-refractivity contribution in [2.24, 2.45) is 5.10 Å². The molecule has 0 bridgehead atoms. The molecule has 1 amide bonds. The van der Waals surface area contributed by atoms with Gasteiger partial charge in [-0.1, -0.05) is 0 Å². The Morgan fingerprint density at radius 1 is 0.889 bits per heavy atom. The van der Waals surface area contributed by atoms with E-state index in [9.17, 15) is 39.0 Å². The maximum atomic E-state index is 12.6. The number of carbonyl (C=O) groups is 4. The number of phenols is 1. The van der Waals surface area contributed by atoms with Crippen molar-refractivity contribution in [3.8, 4) is 5.75 Å². The number of esters is 2. The highest BCUT2D eigenvalue weighted by Crippen LogP contribution is 2.27. The maximum absolute atomic E-state index is 12.6. The third kappa shape index (κ3) is 5.19. The van der Waals surface area contributed by atoms with Gasteiger partial charge in [-0.05, 0) is 24.3 Å². The normalized spacial score (nSPS) is 11.0. The Balaban J connectivity index is 1.96. The lowest BCUT2D eigenvalue weighted by atomic mass is 10.1. The van der Waals surface area contributed by atoms with Crippen LogP contribution in [0.1, 0.15) is 20.7 Å². The number of carbonyl (C=O) groups excluding carboxylic acids is 3. The van der Waals surface area contributed by atoms with Crippen molar-refractivity contribution in [3.63, 3.8) is 0 Å². The maximum Gasteiger partial charge on any atom is 0.362 e. The predicted octanol–water partition coefficient (Wildman–Crippen LogP) is -0.0136. The lowest BCUT2D eigenvalue weighted by Gasteiger charge is -2.11. The van der Waals surface area contributed by atoms with E-state index in [-0.39, 0.29) is 33.5 Å². The number of hydrazone groups is 1. The number of methoxy groups -OCH3 is 2. The van der Waals surface area contributed by atoms with Crippen LogP contribution in [0.5, 0.6) is 5.75 Å². The van der Waals surface area contributed by atoms with Crippen LogP contribution >= 0.6 is 0 Å². The van der Waals surface area contributed by atoms with Gasteiger partial charge in [-0.2, -0.15) is 5.10 Å². The van der Waals surface area contributed by atoms with Crippen molar-refractivity contribution >= 4 is 51.9 Å². The number of amides is 1. The summed E-state index contributed by atoms with van der Waals surface area (Å²) in [4.78, 5) is 75.6. The van der Waals surface area contributed by atoms with Crippen molar-refractivity contribution in [1.82, 2.24) is 9.97 Å². The number of H-pyrrole nitrogens is 2. The summed E-state index contributed by atoms with van der Waals surface area (Å²) in [7, 11) is 2.22. The number of aliphatic carboxylic acids is 1. The Labute approximate surface area is 199 Å². The van der Waals surface area contributed by atoms with E-state index >= 15 is 0 Å². The molecule has 0 aliphatic carbocycles. The van der Waals surface area contributed by atoms with E-state index in [0.29, 0.717) is 0 Å². The van der Waals surface area contributed by atoms with Crippen molar-refractivity contribution in [2.75, 3.05) is 25.0 Å². The van der Waals surface area contributed by atoms with E-state index in [1.54, 1.807) is 0 Å². The number of carboxylic acids is 1. The monoisotopic (exact) mass is 499 g/mol. The van der Waals surface area contributed by atoms with E-state index in [4.69, 9.17) is 0 Å². The van der Waals surface area contributed by atoms with E-state index in [1.165, 1.54) is 12.1 Å². The number of nitrogens with zero attached hydrogens (tertiary/aromatic N) is 1. The van der Waals surface area contributed by atoms with E-state index in [1.807, 2.05) is 0 Å². The number of nitrogens with one attached hydrogen (secondary N) is 4. The van der Waals surface area contributed by atoms with Crippen LogP contribution in [0.15, 0.2) is 45.0 Å². The zero-order chi connectivity index (χ0) is 26.6. The SMILES string of the molecule is COC(=O)c1ccc(C(=O)OC)c(N/N=C(\C(=O)O)C(=O)Nc2cc3[nH]c(=O)c(=O)[nH]c3cc2O)c1. The number of aromatic amines is 2. The molecule has 0 unspecified atom stereocenters. The Bertz CT molecular complexity index is 1550. The highest BCUT2D eigenvalue weighted by atomic mass is 16.5.